The Bertz CT molecular complexity index is 905. The minimum Gasteiger partial charge on any atom is -0.392 e. The van der Waals surface area contributed by atoms with E-state index in [4.69, 9.17) is 5.11 Å². The highest BCUT2D eigenvalue weighted by Gasteiger charge is 2.28. The number of hydrogen-bond acceptors (Lipinski definition) is 4. The van der Waals surface area contributed by atoms with Gasteiger partial charge < -0.3 is 10.0 Å². The Morgan fingerprint density at radius 1 is 1.15 bits per heavy atom. The average molecular weight is 362 g/mol. The number of nitrogens with zero attached hydrogens (tertiary/aromatic N) is 3. The SMILES string of the molecule is O=C(c1cc(-c2ccccn2)n[nH]1)N1CC[C@@H](Cc2ccc(CO)cc2)C1. The second kappa shape index (κ2) is 7.72. The largest absolute Gasteiger partial charge is 0.392 e. The summed E-state index contributed by atoms with van der Waals surface area (Å²) in [6, 6.07) is 15.4. The lowest BCUT2D eigenvalue weighted by atomic mass is 9.98. The summed E-state index contributed by atoms with van der Waals surface area (Å²) < 4.78 is 0. The molecule has 0 radical (unpaired) electrons. The summed E-state index contributed by atoms with van der Waals surface area (Å²) in [6.07, 6.45) is 3.65. The van der Waals surface area contributed by atoms with E-state index >= 15 is 0 Å². The molecule has 1 amide bonds. The zero-order chi connectivity index (χ0) is 18.6. The van der Waals surface area contributed by atoms with Crippen LogP contribution in [0.5, 0.6) is 0 Å². The van der Waals surface area contributed by atoms with Gasteiger partial charge in [0.1, 0.15) is 11.4 Å². The molecule has 3 heterocycles. The number of nitrogens with one attached hydrogen (secondary N) is 1. The number of hydrogen-bond donors (Lipinski definition) is 2. The quantitative estimate of drug-likeness (QED) is 0.731. The molecule has 1 atom stereocenters. The molecule has 138 valence electrons. The Labute approximate surface area is 157 Å². The minimum absolute atomic E-state index is 0.0113. The number of amides is 1. The summed E-state index contributed by atoms with van der Waals surface area (Å²) in [5.41, 5.74) is 4.09. The lowest BCUT2D eigenvalue weighted by Gasteiger charge is -2.15. The van der Waals surface area contributed by atoms with Gasteiger partial charge in [0, 0.05) is 19.3 Å². The zero-order valence-corrected chi connectivity index (χ0v) is 15.0. The molecule has 1 aliphatic heterocycles. The van der Waals surface area contributed by atoms with Crippen LogP contribution in [-0.4, -0.2) is 44.2 Å². The number of likely N-dealkylation sites (tertiary alicyclic amines) is 1. The molecule has 0 bridgehead atoms. The number of H-pyrrole nitrogens is 1. The van der Waals surface area contributed by atoms with Crippen molar-refractivity contribution in [2.75, 3.05) is 13.1 Å². The van der Waals surface area contributed by atoms with Crippen molar-refractivity contribution in [1.82, 2.24) is 20.1 Å². The number of carbonyl (C=O) groups is 1. The fourth-order valence-corrected chi connectivity index (χ4v) is 3.54. The van der Waals surface area contributed by atoms with Gasteiger partial charge in [0.25, 0.3) is 5.91 Å². The summed E-state index contributed by atoms with van der Waals surface area (Å²) in [6.45, 7) is 1.57. The van der Waals surface area contributed by atoms with Crippen LogP contribution in [0.1, 0.15) is 28.0 Å². The van der Waals surface area contributed by atoms with Gasteiger partial charge in [-0.1, -0.05) is 30.3 Å². The van der Waals surface area contributed by atoms with E-state index in [9.17, 15) is 4.79 Å². The Balaban J connectivity index is 1.38. The molecule has 27 heavy (non-hydrogen) atoms. The van der Waals surface area contributed by atoms with Gasteiger partial charge in [-0.05, 0) is 48.1 Å². The molecule has 6 nitrogen and oxygen atoms in total. The topological polar surface area (TPSA) is 82.1 Å². The van der Waals surface area contributed by atoms with Crippen molar-refractivity contribution in [1.29, 1.82) is 0 Å². The van der Waals surface area contributed by atoms with Crippen LogP contribution in [0.3, 0.4) is 0 Å². The Morgan fingerprint density at radius 3 is 2.70 bits per heavy atom. The van der Waals surface area contributed by atoms with Gasteiger partial charge in [0.2, 0.25) is 0 Å². The van der Waals surface area contributed by atoms with Crippen LogP contribution < -0.4 is 0 Å². The van der Waals surface area contributed by atoms with Crippen molar-refractivity contribution in [2.45, 2.75) is 19.4 Å². The molecular formula is C21H22N4O2. The van der Waals surface area contributed by atoms with Crippen molar-refractivity contribution in [3.63, 3.8) is 0 Å². The van der Waals surface area contributed by atoms with Crippen LogP contribution in [0.15, 0.2) is 54.7 Å². The van der Waals surface area contributed by atoms with Crippen molar-refractivity contribution in [2.24, 2.45) is 5.92 Å². The zero-order valence-electron chi connectivity index (χ0n) is 15.0. The van der Waals surface area contributed by atoms with Crippen molar-refractivity contribution in [3.05, 3.63) is 71.5 Å². The standard InChI is InChI=1S/C21H22N4O2/c26-14-16-6-4-15(5-7-16)11-17-8-10-25(13-17)21(27)20-12-19(23-24-20)18-3-1-2-9-22-18/h1-7,9,12,17,26H,8,10-11,13-14H2,(H,23,24)/t17-/m0/s1. The Hall–Kier alpha value is -2.99. The average Bonchev–Trinajstić information content (AvgIpc) is 3.39. The maximum atomic E-state index is 12.8. The number of carbonyl (C=O) groups excluding carboxylic acids is 1. The predicted octanol–water partition coefficient (Wildman–Crippen LogP) is 2.67. The molecular weight excluding hydrogens is 340 g/mol. The third-order valence-corrected chi connectivity index (χ3v) is 5.04. The summed E-state index contributed by atoms with van der Waals surface area (Å²) in [4.78, 5) is 18.9. The smallest absolute Gasteiger partial charge is 0.271 e. The van der Waals surface area contributed by atoms with Crippen LogP contribution >= 0.6 is 0 Å². The van der Waals surface area contributed by atoms with E-state index in [0.717, 1.165) is 37.2 Å². The number of aromatic nitrogens is 3. The Morgan fingerprint density at radius 2 is 1.96 bits per heavy atom. The number of aliphatic hydroxyl groups excluding tert-OH is 1. The number of benzene rings is 1. The van der Waals surface area contributed by atoms with E-state index in [-0.39, 0.29) is 12.5 Å². The number of pyridine rings is 1. The highest BCUT2D eigenvalue weighted by atomic mass is 16.3. The fourth-order valence-electron chi connectivity index (χ4n) is 3.54. The third-order valence-electron chi connectivity index (χ3n) is 5.04. The molecule has 0 aliphatic carbocycles. The fraction of sp³-hybridized carbons (Fsp3) is 0.286. The molecule has 1 saturated heterocycles. The van der Waals surface area contributed by atoms with Gasteiger partial charge >= 0.3 is 0 Å². The van der Waals surface area contributed by atoms with Crippen molar-refractivity contribution >= 4 is 5.91 Å². The lowest BCUT2D eigenvalue weighted by Crippen LogP contribution is -2.29. The van der Waals surface area contributed by atoms with Gasteiger partial charge in [-0.2, -0.15) is 5.10 Å². The lowest BCUT2D eigenvalue weighted by molar-refractivity contribution is 0.0781. The molecule has 3 aromatic rings. The molecule has 0 spiro atoms. The predicted molar refractivity (Wildman–Crippen MR) is 102 cm³/mol. The minimum atomic E-state index is -0.0113. The molecule has 0 saturated carbocycles. The highest BCUT2D eigenvalue weighted by Crippen LogP contribution is 2.23. The molecule has 1 aromatic carbocycles. The van der Waals surface area contributed by atoms with Crippen LogP contribution in [0.2, 0.25) is 0 Å². The van der Waals surface area contributed by atoms with Crippen molar-refractivity contribution in [3.8, 4) is 11.4 Å². The second-order valence-corrected chi connectivity index (χ2v) is 6.97. The molecule has 2 aromatic heterocycles. The first-order valence-electron chi connectivity index (χ1n) is 9.17. The van der Waals surface area contributed by atoms with Crippen LogP contribution in [-0.2, 0) is 13.0 Å². The van der Waals surface area contributed by atoms with E-state index in [0.29, 0.717) is 17.3 Å². The normalized spacial score (nSPS) is 16.6. The summed E-state index contributed by atoms with van der Waals surface area (Å²) >= 11 is 0. The molecule has 1 fully saturated rings. The van der Waals surface area contributed by atoms with E-state index in [1.165, 1.54) is 5.56 Å². The van der Waals surface area contributed by atoms with Gasteiger partial charge in [0.15, 0.2) is 0 Å². The molecule has 6 heteroatoms. The molecule has 0 unspecified atom stereocenters. The highest BCUT2D eigenvalue weighted by molar-refractivity contribution is 5.93. The maximum Gasteiger partial charge on any atom is 0.271 e. The first kappa shape index (κ1) is 17.4. The number of rotatable bonds is 5. The maximum absolute atomic E-state index is 12.8. The van der Waals surface area contributed by atoms with Crippen molar-refractivity contribution < 1.29 is 9.90 Å². The Kier molecular flexibility index (Phi) is 4.98. The first-order valence-corrected chi connectivity index (χ1v) is 9.17. The van der Waals surface area contributed by atoms with Gasteiger partial charge in [0.05, 0.1) is 12.3 Å². The monoisotopic (exact) mass is 362 g/mol. The summed E-state index contributed by atoms with van der Waals surface area (Å²) in [5.74, 6) is 0.440. The van der Waals surface area contributed by atoms with Gasteiger partial charge in [-0.3, -0.25) is 14.9 Å². The second-order valence-electron chi connectivity index (χ2n) is 6.97. The van der Waals surface area contributed by atoms with E-state index in [2.05, 4.69) is 27.3 Å². The summed E-state index contributed by atoms with van der Waals surface area (Å²) in [7, 11) is 0. The third kappa shape index (κ3) is 3.90. The van der Waals surface area contributed by atoms with E-state index in [1.54, 1.807) is 12.3 Å². The van der Waals surface area contributed by atoms with E-state index < -0.39 is 0 Å². The molecule has 4 rings (SSSR count). The molecule has 1 aliphatic rings. The van der Waals surface area contributed by atoms with Crippen LogP contribution in [0, 0.1) is 5.92 Å². The number of aromatic amines is 1. The van der Waals surface area contributed by atoms with Crippen LogP contribution in [0.25, 0.3) is 11.4 Å². The van der Waals surface area contributed by atoms with Gasteiger partial charge in [-0.15, -0.1) is 0 Å². The molecule has 2 N–H and O–H groups in total. The number of aliphatic hydroxyl groups is 1. The van der Waals surface area contributed by atoms with Gasteiger partial charge in [-0.25, -0.2) is 0 Å². The van der Waals surface area contributed by atoms with Crippen LogP contribution in [0.4, 0.5) is 0 Å². The summed E-state index contributed by atoms with van der Waals surface area (Å²) in [5, 5.41) is 16.2. The van der Waals surface area contributed by atoms with E-state index in [1.807, 2.05) is 35.2 Å². The first-order chi connectivity index (χ1) is 13.2.